The maximum absolute atomic E-state index is 11.7. The summed E-state index contributed by atoms with van der Waals surface area (Å²) in [7, 11) is 0. The Morgan fingerprint density at radius 3 is 2.31 bits per heavy atom. The zero-order chi connectivity index (χ0) is 11.5. The lowest BCUT2D eigenvalue weighted by atomic mass is 9.94. The molecule has 1 unspecified atom stereocenters. The molecule has 1 fully saturated rings. The third-order valence-electron chi connectivity index (χ3n) is 3.77. The van der Waals surface area contributed by atoms with Gasteiger partial charge in [-0.3, -0.25) is 4.79 Å². The van der Waals surface area contributed by atoms with E-state index >= 15 is 0 Å². The van der Waals surface area contributed by atoms with Crippen LogP contribution in [-0.2, 0) is 4.79 Å². The maximum Gasteiger partial charge on any atom is 0.223 e. The molecule has 0 aliphatic heterocycles. The molecule has 16 heavy (non-hydrogen) atoms. The van der Waals surface area contributed by atoms with Crippen molar-refractivity contribution in [2.24, 2.45) is 17.6 Å². The number of hydrogen-bond donors (Lipinski definition) is 2. The van der Waals surface area contributed by atoms with E-state index in [9.17, 15) is 4.79 Å². The van der Waals surface area contributed by atoms with Crippen LogP contribution >= 0.6 is 12.4 Å². The van der Waals surface area contributed by atoms with E-state index in [2.05, 4.69) is 19.2 Å². The molecule has 1 aliphatic carbocycles. The SMILES string of the molecule is CCC(N)(CC)CNC(=O)C(C)C1CC1.Cl. The van der Waals surface area contributed by atoms with E-state index in [4.69, 9.17) is 5.73 Å². The number of amides is 1. The van der Waals surface area contributed by atoms with Crippen LogP contribution in [0, 0.1) is 11.8 Å². The van der Waals surface area contributed by atoms with Gasteiger partial charge in [0.1, 0.15) is 0 Å². The molecule has 1 aliphatic rings. The van der Waals surface area contributed by atoms with E-state index in [1.165, 1.54) is 12.8 Å². The van der Waals surface area contributed by atoms with E-state index in [0.717, 1.165) is 12.8 Å². The normalized spacial score (nSPS) is 17.5. The van der Waals surface area contributed by atoms with Crippen LogP contribution in [0.4, 0.5) is 0 Å². The minimum absolute atomic E-state index is 0. The molecule has 3 N–H and O–H groups in total. The number of hydrogen-bond acceptors (Lipinski definition) is 2. The summed E-state index contributed by atoms with van der Waals surface area (Å²) in [6.07, 6.45) is 4.23. The van der Waals surface area contributed by atoms with Gasteiger partial charge in [0.05, 0.1) is 0 Å². The van der Waals surface area contributed by atoms with Gasteiger partial charge in [-0.05, 0) is 31.6 Å². The summed E-state index contributed by atoms with van der Waals surface area (Å²) in [5.41, 5.74) is 5.90. The highest BCUT2D eigenvalue weighted by atomic mass is 35.5. The lowest BCUT2D eigenvalue weighted by Crippen LogP contribution is -2.50. The highest BCUT2D eigenvalue weighted by Gasteiger charge is 2.33. The van der Waals surface area contributed by atoms with Gasteiger partial charge in [0.2, 0.25) is 5.91 Å². The first-order chi connectivity index (χ1) is 7.02. The van der Waals surface area contributed by atoms with E-state index in [1.54, 1.807) is 0 Å². The molecule has 0 bridgehead atoms. The molecule has 0 heterocycles. The predicted octanol–water partition coefficient (Wildman–Crippen LogP) is 2.09. The Labute approximate surface area is 105 Å². The quantitative estimate of drug-likeness (QED) is 0.756. The van der Waals surface area contributed by atoms with E-state index < -0.39 is 0 Å². The predicted molar refractivity (Wildman–Crippen MR) is 69.6 cm³/mol. The average molecular weight is 249 g/mol. The molecule has 1 atom stereocenters. The molecule has 0 aromatic rings. The highest BCUT2D eigenvalue weighted by molar-refractivity contribution is 5.85. The number of rotatable bonds is 6. The molecule has 1 amide bonds. The van der Waals surface area contributed by atoms with Crippen LogP contribution in [-0.4, -0.2) is 18.0 Å². The van der Waals surface area contributed by atoms with Gasteiger partial charge in [0.25, 0.3) is 0 Å². The van der Waals surface area contributed by atoms with Crippen molar-refractivity contribution in [2.45, 2.75) is 52.0 Å². The Morgan fingerprint density at radius 2 is 1.94 bits per heavy atom. The zero-order valence-electron chi connectivity index (χ0n) is 10.6. The first-order valence-electron chi connectivity index (χ1n) is 6.09. The van der Waals surface area contributed by atoms with Gasteiger partial charge in [-0.15, -0.1) is 12.4 Å². The van der Waals surface area contributed by atoms with Crippen LogP contribution < -0.4 is 11.1 Å². The van der Waals surface area contributed by atoms with Gasteiger partial charge < -0.3 is 11.1 Å². The van der Waals surface area contributed by atoms with Crippen molar-refractivity contribution in [3.63, 3.8) is 0 Å². The highest BCUT2D eigenvalue weighted by Crippen LogP contribution is 2.36. The molecule has 0 saturated heterocycles. The van der Waals surface area contributed by atoms with Crippen molar-refractivity contribution in [2.75, 3.05) is 6.54 Å². The van der Waals surface area contributed by atoms with E-state index in [0.29, 0.717) is 12.5 Å². The molecule has 96 valence electrons. The van der Waals surface area contributed by atoms with Gasteiger partial charge in [-0.1, -0.05) is 20.8 Å². The van der Waals surface area contributed by atoms with Crippen molar-refractivity contribution >= 4 is 18.3 Å². The second-order valence-electron chi connectivity index (χ2n) is 4.91. The molecule has 0 spiro atoms. The van der Waals surface area contributed by atoms with Crippen molar-refractivity contribution < 1.29 is 4.79 Å². The Morgan fingerprint density at radius 1 is 1.44 bits per heavy atom. The molecule has 1 saturated carbocycles. The lowest BCUT2D eigenvalue weighted by molar-refractivity contribution is -0.125. The third kappa shape index (κ3) is 4.30. The Hall–Kier alpha value is -0.280. The maximum atomic E-state index is 11.7. The van der Waals surface area contributed by atoms with Gasteiger partial charge >= 0.3 is 0 Å². The molecule has 4 heteroatoms. The van der Waals surface area contributed by atoms with Crippen LogP contribution in [0.25, 0.3) is 0 Å². The summed E-state index contributed by atoms with van der Waals surface area (Å²) in [4.78, 5) is 11.7. The summed E-state index contributed by atoms with van der Waals surface area (Å²) >= 11 is 0. The van der Waals surface area contributed by atoms with Gasteiger partial charge in [-0.2, -0.15) is 0 Å². The van der Waals surface area contributed by atoms with Gasteiger partial charge in [0.15, 0.2) is 0 Å². The average Bonchev–Trinajstić information content (AvgIpc) is 3.08. The molecular formula is C12H25ClN2O. The minimum Gasteiger partial charge on any atom is -0.354 e. The van der Waals surface area contributed by atoms with Crippen LogP contribution in [0.1, 0.15) is 46.5 Å². The van der Waals surface area contributed by atoms with Crippen LogP contribution in [0.5, 0.6) is 0 Å². The summed E-state index contributed by atoms with van der Waals surface area (Å²) in [5.74, 6) is 0.970. The fourth-order valence-corrected chi connectivity index (χ4v) is 1.73. The topological polar surface area (TPSA) is 55.1 Å². The van der Waals surface area contributed by atoms with Crippen LogP contribution in [0.3, 0.4) is 0 Å². The van der Waals surface area contributed by atoms with Crippen LogP contribution in [0.15, 0.2) is 0 Å². The van der Waals surface area contributed by atoms with Crippen LogP contribution in [0.2, 0.25) is 0 Å². The molecule has 1 rings (SSSR count). The van der Waals surface area contributed by atoms with Crippen molar-refractivity contribution in [3.05, 3.63) is 0 Å². The van der Waals surface area contributed by atoms with Gasteiger partial charge in [-0.25, -0.2) is 0 Å². The number of carbonyl (C=O) groups excluding carboxylic acids is 1. The van der Waals surface area contributed by atoms with E-state index in [1.807, 2.05) is 6.92 Å². The van der Waals surface area contributed by atoms with Crippen molar-refractivity contribution in [3.8, 4) is 0 Å². The monoisotopic (exact) mass is 248 g/mol. The first-order valence-corrected chi connectivity index (χ1v) is 6.09. The Balaban J connectivity index is 0.00000225. The second-order valence-corrected chi connectivity index (χ2v) is 4.91. The lowest BCUT2D eigenvalue weighted by Gasteiger charge is -2.27. The fourth-order valence-electron chi connectivity index (χ4n) is 1.73. The van der Waals surface area contributed by atoms with Crippen molar-refractivity contribution in [1.82, 2.24) is 5.32 Å². The number of nitrogens with two attached hydrogens (primary N) is 1. The molecule has 0 aromatic carbocycles. The first kappa shape index (κ1) is 15.7. The number of carbonyl (C=O) groups is 1. The molecular weight excluding hydrogens is 224 g/mol. The summed E-state index contributed by atoms with van der Waals surface area (Å²) in [5, 5.41) is 2.98. The zero-order valence-corrected chi connectivity index (χ0v) is 11.4. The standard InChI is InChI=1S/C12H24N2O.ClH/c1-4-12(13,5-2)8-14-11(15)9(3)10-6-7-10;/h9-10H,4-8,13H2,1-3H3,(H,14,15);1H. The molecule has 3 nitrogen and oxygen atoms in total. The number of halogens is 1. The summed E-state index contributed by atoms with van der Waals surface area (Å²) < 4.78 is 0. The fraction of sp³-hybridized carbons (Fsp3) is 0.917. The van der Waals surface area contributed by atoms with E-state index in [-0.39, 0.29) is 29.8 Å². The molecule has 0 radical (unpaired) electrons. The van der Waals surface area contributed by atoms with Crippen molar-refractivity contribution in [1.29, 1.82) is 0 Å². The summed E-state index contributed by atoms with van der Waals surface area (Å²) in [6.45, 7) is 6.76. The molecule has 0 aromatic heterocycles. The smallest absolute Gasteiger partial charge is 0.223 e. The Bertz CT molecular complexity index is 225. The summed E-state index contributed by atoms with van der Waals surface area (Å²) in [6, 6.07) is 0. The largest absolute Gasteiger partial charge is 0.354 e. The Kier molecular flexibility index (Phi) is 6.34. The second kappa shape index (κ2) is 6.45. The van der Waals surface area contributed by atoms with Gasteiger partial charge in [0, 0.05) is 18.0 Å². The number of nitrogens with one attached hydrogen (secondary N) is 1. The minimum atomic E-state index is -0.223. The third-order valence-corrected chi connectivity index (χ3v) is 3.77.